The van der Waals surface area contributed by atoms with Crippen LogP contribution in [0, 0.1) is 39.9 Å². The Balaban J connectivity index is 1.37. The van der Waals surface area contributed by atoms with Gasteiger partial charge in [-0.25, -0.2) is 8.42 Å². The van der Waals surface area contributed by atoms with E-state index in [1.807, 2.05) is 37.3 Å². The molecule has 0 aromatic rings. The molecule has 43 heavy (non-hydrogen) atoms. The Labute approximate surface area is 254 Å². The lowest BCUT2D eigenvalue weighted by Gasteiger charge is -2.67. The van der Waals surface area contributed by atoms with Crippen LogP contribution in [-0.2, 0) is 24.3 Å². The number of hydrogen-bond acceptors (Lipinski definition) is 8. The molecule has 0 amide bonds. The van der Waals surface area contributed by atoms with E-state index in [1.165, 1.54) is 6.26 Å². The van der Waals surface area contributed by atoms with Gasteiger partial charge in [0.2, 0.25) is 0 Å². The Morgan fingerprint density at radius 3 is 2.56 bits per heavy atom. The number of aliphatic hydroxyl groups is 2. The van der Waals surface area contributed by atoms with Crippen molar-refractivity contribution in [3.8, 4) is 0 Å². The molecule has 5 aliphatic carbocycles. The first-order chi connectivity index (χ1) is 20.2. The quantitative estimate of drug-likeness (QED) is 0.422. The highest BCUT2D eigenvalue weighted by atomic mass is 32.2. The Morgan fingerprint density at radius 2 is 1.95 bits per heavy atom. The van der Waals surface area contributed by atoms with Gasteiger partial charge in [-0.15, -0.1) is 13.2 Å². The van der Waals surface area contributed by atoms with E-state index >= 15 is 0 Å². The molecule has 0 spiro atoms. The van der Waals surface area contributed by atoms with Gasteiger partial charge in [0.1, 0.15) is 6.61 Å². The predicted molar refractivity (Wildman–Crippen MR) is 163 cm³/mol. The van der Waals surface area contributed by atoms with E-state index in [0.717, 1.165) is 11.1 Å². The van der Waals surface area contributed by atoms with Crippen LogP contribution in [0.4, 0.5) is 0 Å². The molecule has 232 valence electrons. The van der Waals surface area contributed by atoms with E-state index in [4.69, 9.17) is 4.84 Å². The van der Waals surface area contributed by atoms with Gasteiger partial charge in [0.15, 0.2) is 27.0 Å². The van der Waals surface area contributed by atoms with Gasteiger partial charge >= 0.3 is 0 Å². The Kier molecular flexibility index (Phi) is 7.14. The number of hydrogen-bond donors (Lipinski definition) is 2. The van der Waals surface area contributed by atoms with Gasteiger partial charge in [0.05, 0.1) is 11.4 Å². The monoisotopic (exact) mass is 609 g/mol. The van der Waals surface area contributed by atoms with Crippen molar-refractivity contribution < 1.29 is 33.1 Å². The second-order valence-corrected chi connectivity index (χ2v) is 16.3. The molecular weight excluding hydrogens is 566 g/mol. The normalized spacial score (nSPS) is 45.4. The first-order valence-corrected chi connectivity index (χ1v) is 17.2. The molecule has 6 rings (SSSR count). The van der Waals surface area contributed by atoms with Crippen molar-refractivity contribution in [2.75, 3.05) is 26.0 Å². The minimum absolute atomic E-state index is 0.0206. The fraction of sp³-hybridized carbons (Fsp3) is 0.588. The first kappa shape index (κ1) is 30.6. The minimum Gasteiger partial charge on any atom is -0.392 e. The van der Waals surface area contributed by atoms with Crippen molar-refractivity contribution in [2.24, 2.45) is 39.9 Å². The summed E-state index contributed by atoms with van der Waals surface area (Å²) in [6, 6.07) is 0. The Morgan fingerprint density at radius 1 is 1.21 bits per heavy atom. The van der Waals surface area contributed by atoms with Gasteiger partial charge < -0.3 is 10.2 Å². The molecule has 2 unspecified atom stereocenters. The third kappa shape index (κ3) is 3.97. The Bertz CT molecular complexity index is 1510. The molecule has 8 nitrogen and oxygen atoms in total. The molecule has 1 heterocycles. The maximum absolute atomic E-state index is 13.9. The highest BCUT2D eigenvalue weighted by molar-refractivity contribution is 7.91. The van der Waals surface area contributed by atoms with Crippen LogP contribution >= 0.6 is 0 Å². The number of Topliss-reactive ketones (excluding diaryl/α,β-unsaturated/α-hetero) is 1. The van der Waals surface area contributed by atoms with Gasteiger partial charge in [-0.3, -0.25) is 14.4 Å². The SMILES string of the molecule is C=C[C@H]1C[C@H]2C3C[C@H]4CN(CC5=CCC(S(C)(=O)=O)C=C5)O[C@@]4(C(=O)CO)[C@@]3(C)C[C@H](O)[C@]2(C=C)[C@@]2(C)C=CC(=O)C=C12. The van der Waals surface area contributed by atoms with E-state index in [2.05, 4.69) is 20.1 Å². The van der Waals surface area contributed by atoms with Crippen LogP contribution < -0.4 is 0 Å². The Hall–Kier alpha value is -2.43. The van der Waals surface area contributed by atoms with Crippen LogP contribution in [-0.4, -0.2) is 78.2 Å². The maximum Gasteiger partial charge on any atom is 0.192 e. The zero-order valence-electron chi connectivity index (χ0n) is 25.2. The van der Waals surface area contributed by atoms with Crippen molar-refractivity contribution in [1.29, 1.82) is 0 Å². The molecule has 6 aliphatic rings. The molecule has 0 aromatic heterocycles. The topological polar surface area (TPSA) is 121 Å². The highest BCUT2D eigenvalue weighted by Gasteiger charge is 2.78. The largest absolute Gasteiger partial charge is 0.392 e. The van der Waals surface area contributed by atoms with Gasteiger partial charge in [-0.1, -0.05) is 50.3 Å². The zero-order valence-corrected chi connectivity index (χ0v) is 26.1. The molecule has 9 heteroatoms. The van der Waals surface area contributed by atoms with Crippen LogP contribution in [0.5, 0.6) is 0 Å². The summed E-state index contributed by atoms with van der Waals surface area (Å²) >= 11 is 0. The maximum atomic E-state index is 13.9. The summed E-state index contributed by atoms with van der Waals surface area (Å²) in [6.45, 7) is 12.7. The molecular formula is C34H43NO7S. The number of rotatable bonds is 7. The van der Waals surface area contributed by atoms with E-state index in [0.29, 0.717) is 32.4 Å². The van der Waals surface area contributed by atoms with Crippen LogP contribution in [0.2, 0.25) is 0 Å². The number of hydroxylamine groups is 2. The molecule has 2 N–H and O–H groups in total. The fourth-order valence-corrected chi connectivity index (χ4v) is 11.1. The van der Waals surface area contributed by atoms with E-state index < -0.39 is 49.6 Å². The summed E-state index contributed by atoms with van der Waals surface area (Å²) in [4.78, 5) is 33.1. The smallest absolute Gasteiger partial charge is 0.192 e. The predicted octanol–water partition coefficient (Wildman–Crippen LogP) is 3.31. The molecule has 0 bridgehead atoms. The van der Waals surface area contributed by atoms with E-state index in [9.17, 15) is 28.2 Å². The number of aliphatic hydroxyl groups excluding tert-OH is 2. The third-order valence-electron chi connectivity index (χ3n) is 12.3. The van der Waals surface area contributed by atoms with Crippen molar-refractivity contribution >= 4 is 21.4 Å². The summed E-state index contributed by atoms with van der Waals surface area (Å²) in [5, 5.41) is 23.8. The number of ketones is 2. The molecule has 0 aromatic carbocycles. The molecule has 1 aliphatic heterocycles. The lowest BCUT2D eigenvalue weighted by Crippen LogP contribution is -2.68. The number of fused-ring (bicyclic) bond motifs is 7. The molecule has 3 saturated carbocycles. The fourth-order valence-electron chi connectivity index (χ4n) is 10.3. The van der Waals surface area contributed by atoms with Crippen LogP contribution in [0.1, 0.15) is 39.5 Å². The number of allylic oxidation sites excluding steroid dienone is 6. The molecule has 4 fully saturated rings. The zero-order chi connectivity index (χ0) is 31.2. The number of carbonyl (C=O) groups is 2. The second-order valence-electron chi connectivity index (χ2n) is 14.0. The van der Waals surface area contributed by atoms with Gasteiger partial charge in [-0.05, 0) is 66.7 Å². The average molecular weight is 610 g/mol. The lowest BCUT2D eigenvalue weighted by molar-refractivity contribution is -0.257. The number of carbonyl (C=O) groups excluding carboxylic acids is 2. The van der Waals surface area contributed by atoms with Gasteiger partial charge in [0.25, 0.3) is 0 Å². The summed E-state index contributed by atoms with van der Waals surface area (Å²) in [5.74, 6) is -0.827. The third-order valence-corrected chi connectivity index (χ3v) is 13.7. The van der Waals surface area contributed by atoms with Crippen LogP contribution in [0.15, 0.2) is 72.9 Å². The summed E-state index contributed by atoms with van der Waals surface area (Å²) in [7, 11) is -3.19. The average Bonchev–Trinajstić information content (AvgIpc) is 3.44. The van der Waals surface area contributed by atoms with Crippen molar-refractivity contribution in [3.05, 3.63) is 72.9 Å². The number of nitrogens with zero attached hydrogens (tertiary/aromatic N) is 1. The minimum atomic E-state index is -3.19. The van der Waals surface area contributed by atoms with Crippen molar-refractivity contribution in [1.82, 2.24) is 5.06 Å². The highest BCUT2D eigenvalue weighted by Crippen LogP contribution is 2.75. The van der Waals surface area contributed by atoms with Crippen molar-refractivity contribution in [3.63, 3.8) is 0 Å². The molecule has 1 saturated heterocycles. The summed E-state index contributed by atoms with van der Waals surface area (Å²) in [5.41, 5.74) is -1.66. The van der Waals surface area contributed by atoms with Gasteiger partial charge in [0, 0.05) is 41.5 Å². The molecule has 10 atom stereocenters. The van der Waals surface area contributed by atoms with Crippen molar-refractivity contribution in [2.45, 2.75) is 56.5 Å². The van der Waals surface area contributed by atoms with Crippen LogP contribution in [0.25, 0.3) is 0 Å². The number of sulfone groups is 1. The summed E-state index contributed by atoms with van der Waals surface area (Å²) in [6.07, 6.45) is 16.8. The van der Waals surface area contributed by atoms with E-state index in [-0.39, 0.29) is 41.7 Å². The first-order valence-electron chi connectivity index (χ1n) is 15.3. The summed E-state index contributed by atoms with van der Waals surface area (Å²) < 4.78 is 24.0. The molecule has 0 radical (unpaired) electrons. The standard InChI is InChI=1S/C34H43NO7S/c1-6-22-14-28-27-15-23-19-35(18-21-8-10-25(11-9-21)43(5,40)41)42-34(23,30(39)20-36)32(27,4)17-29(38)33(28,7-2)31(3)13-12-24(37)16-26(22)31/h6-10,12-13,16,22-23,25,27-29,36,38H,1-2,11,14-15,17-20H2,3-5H3/t22-,23-,25?,27?,28-,29-,31-,32-,33+,34-/m0/s1. The second kappa shape index (κ2) is 10.0. The van der Waals surface area contributed by atoms with E-state index in [1.54, 1.807) is 23.3 Å². The lowest BCUT2D eigenvalue weighted by atomic mass is 9.38. The van der Waals surface area contributed by atoms with Crippen LogP contribution in [0.3, 0.4) is 0 Å². The van der Waals surface area contributed by atoms with Gasteiger partial charge in [-0.2, -0.15) is 5.06 Å².